The topological polar surface area (TPSA) is 40.2 Å². The number of hydrogen-bond donors (Lipinski definition) is 2. The first-order valence-corrected chi connectivity index (χ1v) is 11.6. The predicted octanol–water partition coefficient (Wildman–Crippen LogP) is 7.10. The van der Waals surface area contributed by atoms with Gasteiger partial charge in [0.05, 0.1) is 10.7 Å². The molecule has 1 aliphatic rings. The maximum Gasteiger partial charge on any atom is 0.165 e. The van der Waals surface area contributed by atoms with E-state index in [0.717, 1.165) is 29.4 Å². The number of fused-ring (bicyclic) bond motifs is 1. The molecule has 31 heavy (non-hydrogen) atoms. The number of piperidine rings is 1. The highest BCUT2D eigenvalue weighted by atomic mass is 35.5. The Labute approximate surface area is 192 Å². The van der Waals surface area contributed by atoms with E-state index in [9.17, 15) is 4.39 Å². The molecule has 0 saturated carbocycles. The number of benzene rings is 2. The zero-order valence-electron chi connectivity index (χ0n) is 17.4. The summed E-state index contributed by atoms with van der Waals surface area (Å²) < 4.78 is 14.4. The lowest BCUT2D eigenvalue weighted by molar-refractivity contribution is 0.225. The molecule has 4 rings (SSSR count). The van der Waals surface area contributed by atoms with Crippen molar-refractivity contribution < 1.29 is 4.39 Å². The van der Waals surface area contributed by atoms with Gasteiger partial charge in [0, 0.05) is 28.8 Å². The van der Waals surface area contributed by atoms with Gasteiger partial charge in [0.1, 0.15) is 5.82 Å². The standard InChI is InChI=1S/C24H27Cl2FN4/c25-18-14-21(26)23(27)22(15-18)30-24-20-16-19(7-6-17(20)8-10-29-24)28-9-2-5-13-31-11-3-1-4-12-31/h6-8,10,14-16,28H,1-5,9,11-13H2,(H,29,30). The lowest BCUT2D eigenvalue weighted by Crippen LogP contribution is -2.30. The van der Waals surface area contributed by atoms with Crippen LogP contribution in [0.5, 0.6) is 0 Å². The second-order valence-electron chi connectivity index (χ2n) is 8.01. The SMILES string of the molecule is Fc1c(Cl)cc(Cl)cc1Nc1nccc2ccc(NCCCCN3CCCCC3)cc12. The summed E-state index contributed by atoms with van der Waals surface area (Å²) in [5.74, 6) is 0.0105. The van der Waals surface area contributed by atoms with Gasteiger partial charge in [-0.25, -0.2) is 9.37 Å². The zero-order chi connectivity index (χ0) is 21.6. The number of unbranched alkanes of at least 4 members (excludes halogenated alkanes) is 1. The van der Waals surface area contributed by atoms with E-state index < -0.39 is 5.82 Å². The number of anilines is 3. The summed E-state index contributed by atoms with van der Waals surface area (Å²) >= 11 is 12.0. The Morgan fingerprint density at radius 3 is 2.68 bits per heavy atom. The number of nitrogens with zero attached hydrogens (tertiary/aromatic N) is 2. The first-order chi connectivity index (χ1) is 15.1. The van der Waals surface area contributed by atoms with Crippen LogP contribution in [0.3, 0.4) is 0 Å². The maximum atomic E-state index is 14.4. The van der Waals surface area contributed by atoms with Crippen LogP contribution in [0.2, 0.25) is 10.0 Å². The Bertz CT molecular complexity index is 1040. The van der Waals surface area contributed by atoms with E-state index in [1.165, 1.54) is 57.5 Å². The predicted molar refractivity (Wildman–Crippen MR) is 129 cm³/mol. The minimum atomic E-state index is -0.548. The fraction of sp³-hybridized carbons (Fsp3) is 0.375. The molecule has 0 spiro atoms. The first-order valence-electron chi connectivity index (χ1n) is 10.9. The summed E-state index contributed by atoms with van der Waals surface area (Å²) in [5, 5.41) is 8.80. The lowest BCUT2D eigenvalue weighted by atomic mass is 10.1. The molecule has 0 unspecified atom stereocenters. The van der Waals surface area contributed by atoms with E-state index in [1.807, 2.05) is 18.2 Å². The number of pyridine rings is 1. The molecule has 2 aromatic carbocycles. The Hall–Kier alpha value is -2.08. The van der Waals surface area contributed by atoms with Crippen molar-refractivity contribution in [2.75, 3.05) is 36.8 Å². The van der Waals surface area contributed by atoms with E-state index in [0.29, 0.717) is 10.8 Å². The van der Waals surface area contributed by atoms with E-state index in [-0.39, 0.29) is 10.7 Å². The molecule has 1 fully saturated rings. The van der Waals surface area contributed by atoms with Crippen LogP contribution in [0, 0.1) is 5.82 Å². The van der Waals surface area contributed by atoms with E-state index in [1.54, 1.807) is 6.20 Å². The Balaban J connectivity index is 1.41. The molecule has 7 heteroatoms. The van der Waals surface area contributed by atoms with Gasteiger partial charge < -0.3 is 15.5 Å². The number of halogens is 3. The molecule has 1 aromatic heterocycles. The summed E-state index contributed by atoms with van der Waals surface area (Å²) in [7, 11) is 0. The van der Waals surface area contributed by atoms with Crippen molar-refractivity contribution in [1.82, 2.24) is 9.88 Å². The monoisotopic (exact) mass is 460 g/mol. The average molecular weight is 461 g/mol. The molecule has 0 aliphatic carbocycles. The highest BCUT2D eigenvalue weighted by Crippen LogP contribution is 2.32. The van der Waals surface area contributed by atoms with Crippen LogP contribution in [-0.4, -0.2) is 36.1 Å². The van der Waals surface area contributed by atoms with Gasteiger partial charge in [0.25, 0.3) is 0 Å². The Kier molecular flexibility index (Phi) is 7.49. The molecule has 2 heterocycles. The van der Waals surface area contributed by atoms with Crippen LogP contribution >= 0.6 is 23.2 Å². The van der Waals surface area contributed by atoms with Crippen LogP contribution in [0.1, 0.15) is 32.1 Å². The third-order valence-electron chi connectivity index (χ3n) is 5.69. The van der Waals surface area contributed by atoms with Crippen molar-refractivity contribution in [1.29, 1.82) is 0 Å². The number of nitrogens with one attached hydrogen (secondary N) is 2. The highest BCUT2D eigenvalue weighted by Gasteiger charge is 2.12. The van der Waals surface area contributed by atoms with Gasteiger partial charge in [-0.2, -0.15) is 0 Å². The van der Waals surface area contributed by atoms with Gasteiger partial charge in [-0.15, -0.1) is 0 Å². The van der Waals surface area contributed by atoms with Crippen LogP contribution < -0.4 is 10.6 Å². The maximum absolute atomic E-state index is 14.4. The minimum absolute atomic E-state index is 0.0258. The fourth-order valence-corrected chi connectivity index (χ4v) is 4.52. The molecule has 4 nitrogen and oxygen atoms in total. The van der Waals surface area contributed by atoms with Gasteiger partial charge >= 0.3 is 0 Å². The van der Waals surface area contributed by atoms with Crippen molar-refractivity contribution in [3.63, 3.8) is 0 Å². The Morgan fingerprint density at radius 2 is 1.84 bits per heavy atom. The fourth-order valence-electron chi connectivity index (χ4n) is 4.03. The van der Waals surface area contributed by atoms with Crippen molar-refractivity contribution in [3.05, 3.63) is 58.5 Å². The lowest BCUT2D eigenvalue weighted by Gasteiger charge is -2.26. The van der Waals surface area contributed by atoms with Gasteiger partial charge in [-0.1, -0.05) is 35.7 Å². The molecule has 0 amide bonds. The second-order valence-corrected chi connectivity index (χ2v) is 8.85. The van der Waals surface area contributed by atoms with Crippen molar-refractivity contribution in [3.8, 4) is 0 Å². The summed E-state index contributed by atoms with van der Waals surface area (Å²) in [6.07, 6.45) is 8.07. The van der Waals surface area contributed by atoms with Gasteiger partial charge in [-0.3, -0.25) is 0 Å². The van der Waals surface area contributed by atoms with Crippen molar-refractivity contribution >= 4 is 51.2 Å². The van der Waals surface area contributed by atoms with Crippen LogP contribution in [0.4, 0.5) is 21.6 Å². The molecule has 1 saturated heterocycles. The smallest absolute Gasteiger partial charge is 0.165 e. The number of hydrogen-bond acceptors (Lipinski definition) is 4. The Morgan fingerprint density at radius 1 is 1.00 bits per heavy atom. The molecule has 0 bridgehead atoms. The summed E-state index contributed by atoms with van der Waals surface area (Å²) in [5.41, 5.74) is 1.22. The van der Waals surface area contributed by atoms with Crippen LogP contribution in [-0.2, 0) is 0 Å². The third kappa shape index (κ3) is 5.79. The van der Waals surface area contributed by atoms with E-state index in [4.69, 9.17) is 23.2 Å². The molecule has 3 aromatic rings. The average Bonchev–Trinajstić information content (AvgIpc) is 2.78. The molecular formula is C24H27Cl2FN4. The van der Waals surface area contributed by atoms with Crippen molar-refractivity contribution in [2.45, 2.75) is 32.1 Å². The minimum Gasteiger partial charge on any atom is -0.385 e. The van der Waals surface area contributed by atoms with Crippen LogP contribution in [0.25, 0.3) is 10.8 Å². The largest absolute Gasteiger partial charge is 0.385 e. The summed E-state index contributed by atoms with van der Waals surface area (Å²) in [6.45, 7) is 4.60. The normalized spacial score (nSPS) is 14.7. The van der Waals surface area contributed by atoms with Gasteiger partial charge in [0.15, 0.2) is 5.82 Å². The zero-order valence-corrected chi connectivity index (χ0v) is 18.9. The molecule has 2 N–H and O–H groups in total. The molecule has 0 radical (unpaired) electrons. The molecule has 0 atom stereocenters. The third-order valence-corrected chi connectivity index (χ3v) is 6.18. The molecule has 1 aliphatic heterocycles. The highest BCUT2D eigenvalue weighted by molar-refractivity contribution is 6.35. The van der Waals surface area contributed by atoms with E-state index >= 15 is 0 Å². The summed E-state index contributed by atoms with van der Waals surface area (Å²) in [4.78, 5) is 6.98. The molecular weight excluding hydrogens is 434 g/mol. The number of likely N-dealkylation sites (tertiary alicyclic amines) is 1. The van der Waals surface area contributed by atoms with E-state index in [2.05, 4.69) is 26.6 Å². The van der Waals surface area contributed by atoms with Crippen molar-refractivity contribution in [2.24, 2.45) is 0 Å². The number of rotatable bonds is 8. The second kappa shape index (κ2) is 10.5. The first kappa shape index (κ1) is 22.1. The quantitative estimate of drug-likeness (QED) is 0.277. The van der Waals surface area contributed by atoms with Gasteiger partial charge in [0.2, 0.25) is 0 Å². The molecule has 164 valence electrons. The summed E-state index contributed by atoms with van der Waals surface area (Å²) in [6, 6.07) is 11.0. The number of aromatic nitrogens is 1. The van der Waals surface area contributed by atoms with Gasteiger partial charge in [-0.05, 0) is 81.0 Å². The van der Waals surface area contributed by atoms with Crippen LogP contribution in [0.15, 0.2) is 42.6 Å².